The van der Waals surface area contributed by atoms with Gasteiger partial charge in [0.2, 0.25) is 0 Å². The van der Waals surface area contributed by atoms with Crippen molar-refractivity contribution in [1.82, 2.24) is 19.9 Å². The molecule has 74 heavy (non-hydrogen) atoms. The minimum Gasteiger partial charge on any atom is -0.481 e. The quantitative estimate of drug-likeness (QED) is 0.0402. The molecule has 0 aliphatic carbocycles. The van der Waals surface area contributed by atoms with Gasteiger partial charge in [-0.05, 0) is 232 Å². The number of aromatic nitrogens is 4. The minimum absolute atomic E-state index is 0.0750. The number of carbonyl (C=O) groups is 2. The van der Waals surface area contributed by atoms with Crippen LogP contribution in [-0.4, -0.2) is 52.3 Å². The van der Waals surface area contributed by atoms with E-state index in [4.69, 9.17) is 9.97 Å². The van der Waals surface area contributed by atoms with E-state index >= 15 is 0 Å². The van der Waals surface area contributed by atoms with Gasteiger partial charge in [0.1, 0.15) is 0 Å². The minimum atomic E-state index is -0.921. The molecule has 0 saturated heterocycles. The summed E-state index contributed by atoms with van der Waals surface area (Å²) in [7, 11) is 0. The number of nitrogens with one attached hydrogen (secondary N) is 2. The second-order valence-corrected chi connectivity index (χ2v) is 21.2. The molecule has 2 unspecified atom stereocenters. The molecule has 0 saturated carbocycles. The van der Waals surface area contributed by atoms with E-state index in [1.807, 2.05) is 52.0 Å². The van der Waals surface area contributed by atoms with Gasteiger partial charge < -0.3 is 30.4 Å². The van der Waals surface area contributed by atoms with Crippen molar-refractivity contribution >= 4 is 56.3 Å². The van der Waals surface area contributed by atoms with E-state index in [2.05, 4.69) is 102 Å². The molecule has 6 N–H and O–H groups in total. The fourth-order valence-electron chi connectivity index (χ4n) is 9.65. The maximum Gasteiger partial charge on any atom is 0.303 e. The molecule has 10 heteroatoms. The van der Waals surface area contributed by atoms with E-state index < -0.39 is 24.1 Å². The average Bonchev–Trinajstić information content (AvgIpc) is 3.98. The van der Waals surface area contributed by atoms with Crippen molar-refractivity contribution in [3.8, 4) is 0 Å². The Labute approximate surface area is 442 Å². The van der Waals surface area contributed by atoms with Gasteiger partial charge in [0.05, 0.1) is 35.0 Å². The van der Waals surface area contributed by atoms with Crippen LogP contribution < -0.4 is 0 Å². The summed E-state index contributed by atoms with van der Waals surface area (Å²) in [4.78, 5) is 39.8. The van der Waals surface area contributed by atoms with Crippen molar-refractivity contribution in [2.24, 2.45) is 0 Å². The van der Waals surface area contributed by atoms with Gasteiger partial charge in [0.25, 0.3) is 0 Å². The highest BCUT2D eigenvalue weighted by atomic mass is 16.4. The molecule has 2 aliphatic rings. The number of unbranched alkanes of at least 4 members (excludes halogenated alkanes) is 1. The number of aromatic amines is 2. The Hall–Kier alpha value is -6.10. The van der Waals surface area contributed by atoms with Crippen LogP contribution in [0.25, 0.3) is 44.4 Å². The Balaban J connectivity index is 0.000000348. The zero-order chi connectivity index (χ0) is 54.8. The van der Waals surface area contributed by atoms with Crippen LogP contribution in [-0.2, 0) is 9.59 Å². The van der Waals surface area contributed by atoms with Crippen molar-refractivity contribution in [1.29, 1.82) is 0 Å². The van der Waals surface area contributed by atoms with Crippen molar-refractivity contribution in [2.45, 2.75) is 199 Å². The van der Waals surface area contributed by atoms with Crippen molar-refractivity contribution in [2.75, 3.05) is 0 Å². The maximum atomic E-state index is 11.6. The molecule has 2 aliphatic heterocycles. The van der Waals surface area contributed by atoms with Gasteiger partial charge in [-0.3, -0.25) is 9.59 Å². The number of aliphatic hydroxyl groups excluding tert-OH is 2. The molecule has 0 fully saturated rings. The highest BCUT2D eigenvalue weighted by Gasteiger charge is 2.24. The lowest BCUT2D eigenvalue weighted by atomic mass is 9.98. The van der Waals surface area contributed by atoms with Crippen LogP contribution in [0.5, 0.6) is 0 Å². The van der Waals surface area contributed by atoms with Crippen LogP contribution in [0.3, 0.4) is 0 Å². The number of fused-ring (bicyclic) bond motifs is 8. The number of hydrogen-bond donors (Lipinski definition) is 6. The lowest BCUT2D eigenvalue weighted by molar-refractivity contribution is -0.137. The van der Waals surface area contributed by atoms with Gasteiger partial charge >= 0.3 is 11.9 Å². The van der Waals surface area contributed by atoms with Crippen LogP contribution in [0.4, 0.5) is 0 Å². The second-order valence-electron chi connectivity index (χ2n) is 21.2. The van der Waals surface area contributed by atoms with E-state index in [-0.39, 0.29) is 25.7 Å². The van der Waals surface area contributed by atoms with Gasteiger partial charge in [0.15, 0.2) is 0 Å². The molecule has 5 heterocycles. The van der Waals surface area contributed by atoms with Crippen molar-refractivity contribution in [3.63, 3.8) is 0 Å². The topological polar surface area (TPSA) is 172 Å². The molecular weight excluding hydrogens is 921 g/mol. The van der Waals surface area contributed by atoms with Gasteiger partial charge in [-0.25, -0.2) is 9.97 Å². The Kier molecular flexibility index (Phi) is 23.8. The summed E-state index contributed by atoms with van der Waals surface area (Å²) in [6.07, 6.45) is 25.0. The summed E-state index contributed by atoms with van der Waals surface area (Å²) in [6, 6.07) is 7.51. The first-order valence-electron chi connectivity index (χ1n) is 26.8. The number of allylic oxidation sites excluding steroid dienone is 16. The Morgan fingerprint density at radius 1 is 0.459 bits per heavy atom. The van der Waals surface area contributed by atoms with E-state index in [0.717, 1.165) is 50.0 Å². The number of carboxylic acids is 2. The average molecular weight is 1010 g/mol. The smallest absolute Gasteiger partial charge is 0.303 e. The largest absolute Gasteiger partial charge is 0.481 e. The highest BCUT2D eigenvalue weighted by molar-refractivity contribution is 5.96. The van der Waals surface area contributed by atoms with Crippen molar-refractivity contribution in [3.05, 3.63) is 139 Å². The molecule has 10 nitrogen and oxygen atoms in total. The first-order chi connectivity index (χ1) is 35.0. The van der Waals surface area contributed by atoms with Crippen molar-refractivity contribution < 1.29 is 30.0 Å². The molecule has 0 radical (unpaired) electrons. The molecule has 400 valence electrons. The van der Waals surface area contributed by atoms with Crippen LogP contribution in [0.1, 0.15) is 230 Å². The number of hydrogen-bond acceptors (Lipinski definition) is 6. The maximum absolute atomic E-state index is 11.6. The van der Waals surface area contributed by atoms with Gasteiger partial charge in [-0.15, -0.1) is 0 Å². The molecule has 0 amide bonds. The fraction of sp³-hybridized carbons (Fsp3) is 0.469. The van der Waals surface area contributed by atoms with E-state index in [1.54, 1.807) is 13.8 Å². The third-order valence-corrected chi connectivity index (χ3v) is 14.0. The monoisotopic (exact) mass is 1010 g/mol. The van der Waals surface area contributed by atoms with Crippen LogP contribution in [0, 0.1) is 13.8 Å². The SMILES string of the molecule is CC(C)=CCC/C(C)=C/CC/C(C)=C/CC/C=C(\C)CC/C=C(\C)CCC=C(C)C.CC1=C(CCC(=O)O)c2cc3nc(cc4[nH]c(cc5[nH]c(cc1n2)c(C)c5C(C)O)c(C)c4C(C)O)C(C)=C3CCC(=O)O. The standard InChI is InChI=1S/C34H38N4O6.C30H50/c1-15-21(7-9-31(41)42)27-14-28-22(8-10-32(43)44)16(2)24(36-28)12-29-34(20(6)40)18(4)26(38-29)13-30-33(19(5)39)17(3)25(37-30)11-23(15)35-27;1-25(2)15-11-19-29(7)23-13-21-27(5)17-9-10-18-28(6)22-14-24-30(8)20-12-16-26(3)4/h11-14,19-20,37-40H,7-10H2,1-6H3,(H,41,42)(H,43,44);15-18,23-24H,9-14,19-22H2,1-8H3/b;27-17+,28-18+,29-23+,30-24+. The van der Waals surface area contributed by atoms with Gasteiger partial charge in [-0.2, -0.15) is 0 Å². The summed E-state index contributed by atoms with van der Waals surface area (Å²) in [5.74, 6) is -1.84. The summed E-state index contributed by atoms with van der Waals surface area (Å²) in [6.45, 7) is 28.9. The number of aliphatic carboxylic acids is 2. The number of H-pyrrole nitrogens is 2. The lowest BCUT2D eigenvalue weighted by Gasteiger charge is -2.05. The molecule has 3 aromatic rings. The summed E-state index contributed by atoms with van der Waals surface area (Å²) >= 11 is 0. The zero-order valence-electron chi connectivity index (χ0n) is 47.3. The number of carboxylic acid groups (broad SMARTS) is 2. The molecule has 2 atom stereocenters. The van der Waals surface area contributed by atoms with Crippen LogP contribution >= 0.6 is 0 Å². The van der Waals surface area contributed by atoms with Crippen LogP contribution in [0.2, 0.25) is 0 Å². The molecule has 0 spiro atoms. The third kappa shape index (κ3) is 18.4. The van der Waals surface area contributed by atoms with Gasteiger partial charge in [-0.1, -0.05) is 69.9 Å². The second kappa shape index (κ2) is 29.1. The third-order valence-electron chi connectivity index (χ3n) is 14.0. The molecule has 8 bridgehead atoms. The normalized spacial score (nSPS) is 14.2. The summed E-state index contributed by atoms with van der Waals surface area (Å²) in [5, 5.41) is 40.5. The first kappa shape index (κ1) is 60.5. The summed E-state index contributed by atoms with van der Waals surface area (Å²) < 4.78 is 0. The first-order valence-corrected chi connectivity index (χ1v) is 26.8. The Bertz CT molecular complexity index is 2850. The number of aryl methyl sites for hydroxylation is 2. The predicted molar refractivity (Wildman–Crippen MR) is 311 cm³/mol. The van der Waals surface area contributed by atoms with E-state index in [0.29, 0.717) is 39.4 Å². The van der Waals surface area contributed by atoms with E-state index in [9.17, 15) is 30.0 Å². The predicted octanol–water partition coefficient (Wildman–Crippen LogP) is 17.2. The zero-order valence-corrected chi connectivity index (χ0v) is 47.3. The molecule has 5 rings (SSSR count). The number of aliphatic hydroxyl groups is 2. The molecule has 3 aromatic heterocycles. The number of nitrogens with zero attached hydrogens (tertiary/aromatic N) is 2. The Morgan fingerprint density at radius 2 is 0.784 bits per heavy atom. The molecule has 0 aromatic carbocycles. The molecular formula is C64H88N4O6. The van der Waals surface area contributed by atoms with Crippen LogP contribution in [0.15, 0.2) is 94.2 Å². The number of rotatable bonds is 23. The highest BCUT2D eigenvalue weighted by Crippen LogP contribution is 2.39. The Morgan fingerprint density at radius 3 is 1.14 bits per heavy atom. The lowest BCUT2D eigenvalue weighted by Crippen LogP contribution is -1.97. The van der Waals surface area contributed by atoms with E-state index in [1.165, 1.54) is 97.6 Å². The summed E-state index contributed by atoms with van der Waals surface area (Å²) in [5.41, 5.74) is 20.7. The van der Waals surface area contributed by atoms with Gasteiger partial charge in [0, 0.05) is 46.0 Å². The fourth-order valence-corrected chi connectivity index (χ4v) is 9.65.